The van der Waals surface area contributed by atoms with Crippen LogP contribution < -0.4 is 10.1 Å². The van der Waals surface area contributed by atoms with Crippen molar-refractivity contribution >= 4 is 35.8 Å². The number of hydrogen-bond donors (Lipinski definition) is 1. The van der Waals surface area contributed by atoms with E-state index in [2.05, 4.69) is 10.3 Å². The lowest BCUT2D eigenvalue weighted by molar-refractivity contribution is 0.0773. The van der Waals surface area contributed by atoms with E-state index in [9.17, 15) is 4.79 Å². The number of benzene rings is 2. The van der Waals surface area contributed by atoms with Crippen molar-refractivity contribution < 1.29 is 9.53 Å². The third-order valence-electron chi connectivity index (χ3n) is 4.71. The van der Waals surface area contributed by atoms with E-state index in [0.29, 0.717) is 19.7 Å². The smallest absolute Gasteiger partial charge is 0.253 e. The molecule has 164 valence electrons. The van der Waals surface area contributed by atoms with E-state index in [-0.39, 0.29) is 29.9 Å². The van der Waals surface area contributed by atoms with Crippen molar-refractivity contribution in [2.75, 3.05) is 40.3 Å². The molecule has 2 aromatic carbocycles. The van der Waals surface area contributed by atoms with Crippen molar-refractivity contribution in [3.63, 3.8) is 0 Å². The Morgan fingerprint density at radius 2 is 1.67 bits per heavy atom. The molecule has 0 fully saturated rings. The number of rotatable bonds is 9. The van der Waals surface area contributed by atoms with E-state index in [4.69, 9.17) is 4.74 Å². The van der Waals surface area contributed by atoms with Crippen LogP contribution >= 0.6 is 24.0 Å². The zero-order chi connectivity index (χ0) is 21.1. The Morgan fingerprint density at radius 1 is 1.03 bits per heavy atom. The Kier molecular flexibility index (Phi) is 11.9. The molecule has 7 heteroatoms. The number of para-hydroxylation sites is 1. The summed E-state index contributed by atoms with van der Waals surface area (Å²) in [5.74, 6) is 1.73. The van der Waals surface area contributed by atoms with Crippen LogP contribution in [0, 0.1) is 0 Å². The van der Waals surface area contributed by atoms with Crippen LogP contribution in [-0.2, 0) is 6.54 Å². The minimum atomic E-state index is 0. The summed E-state index contributed by atoms with van der Waals surface area (Å²) in [4.78, 5) is 20.6. The predicted octanol–water partition coefficient (Wildman–Crippen LogP) is 3.87. The summed E-state index contributed by atoms with van der Waals surface area (Å²) in [6.45, 7) is 7.34. The molecule has 0 radical (unpaired) electrons. The Bertz CT molecular complexity index is 778. The highest BCUT2D eigenvalue weighted by atomic mass is 127. The molecule has 6 nitrogen and oxygen atoms in total. The Morgan fingerprint density at radius 3 is 2.23 bits per heavy atom. The van der Waals surface area contributed by atoms with Crippen LogP contribution in [-0.4, -0.2) is 62.0 Å². The number of carbonyl (C=O) groups excluding carboxylic acids is 1. The van der Waals surface area contributed by atoms with Gasteiger partial charge in [0.2, 0.25) is 0 Å². The highest BCUT2D eigenvalue weighted by Gasteiger charge is 2.12. The van der Waals surface area contributed by atoms with Crippen molar-refractivity contribution in [1.29, 1.82) is 0 Å². The van der Waals surface area contributed by atoms with E-state index in [1.54, 1.807) is 7.05 Å². The minimum absolute atomic E-state index is 0. The quantitative estimate of drug-likeness (QED) is 0.308. The average Bonchev–Trinajstić information content (AvgIpc) is 2.76. The normalized spacial score (nSPS) is 10.7. The van der Waals surface area contributed by atoms with Gasteiger partial charge in [-0.25, -0.2) is 0 Å². The molecule has 2 aromatic rings. The molecule has 0 saturated heterocycles. The average molecular weight is 524 g/mol. The SMILES string of the molecule is CCN(CC)C(=O)c1ccc(CNC(=NC)N(C)CCOc2ccccc2)cc1.I. The third kappa shape index (κ3) is 7.85. The molecule has 0 heterocycles. The second kappa shape index (κ2) is 13.8. The van der Waals surface area contributed by atoms with Crippen molar-refractivity contribution in [1.82, 2.24) is 15.1 Å². The van der Waals surface area contributed by atoms with E-state index < -0.39 is 0 Å². The fourth-order valence-electron chi connectivity index (χ4n) is 2.95. The number of halogens is 1. The first-order valence-corrected chi connectivity index (χ1v) is 10.1. The summed E-state index contributed by atoms with van der Waals surface area (Å²) in [5, 5.41) is 3.35. The molecule has 0 saturated carbocycles. The van der Waals surface area contributed by atoms with Gasteiger partial charge in [0.15, 0.2) is 5.96 Å². The van der Waals surface area contributed by atoms with Crippen molar-refractivity contribution in [3.05, 3.63) is 65.7 Å². The summed E-state index contributed by atoms with van der Waals surface area (Å²) < 4.78 is 5.75. The number of ether oxygens (including phenoxy) is 1. The van der Waals surface area contributed by atoms with Gasteiger partial charge >= 0.3 is 0 Å². The molecule has 0 unspecified atom stereocenters. The van der Waals surface area contributed by atoms with Gasteiger partial charge < -0.3 is 19.9 Å². The van der Waals surface area contributed by atoms with Gasteiger partial charge in [-0.1, -0.05) is 30.3 Å². The molecule has 0 spiro atoms. The van der Waals surface area contributed by atoms with Crippen molar-refractivity contribution in [2.45, 2.75) is 20.4 Å². The zero-order valence-electron chi connectivity index (χ0n) is 18.3. The lowest BCUT2D eigenvalue weighted by atomic mass is 10.1. The van der Waals surface area contributed by atoms with E-state index >= 15 is 0 Å². The fraction of sp³-hybridized carbons (Fsp3) is 0.391. The van der Waals surface area contributed by atoms with Gasteiger partial charge in [0.05, 0.1) is 6.54 Å². The standard InChI is InChI=1S/C23H32N4O2.HI/c1-5-27(6-2)22(28)20-14-12-19(13-15-20)18-25-23(24-3)26(4)16-17-29-21-10-8-7-9-11-21;/h7-15H,5-6,16-18H2,1-4H3,(H,24,25);1H. The molecule has 0 bridgehead atoms. The lowest BCUT2D eigenvalue weighted by Crippen LogP contribution is -2.40. The molecule has 1 N–H and O–H groups in total. The molecule has 1 amide bonds. The number of likely N-dealkylation sites (N-methyl/N-ethyl adjacent to an activating group) is 1. The molecule has 0 aliphatic rings. The fourth-order valence-corrected chi connectivity index (χ4v) is 2.95. The molecule has 30 heavy (non-hydrogen) atoms. The second-order valence-corrected chi connectivity index (χ2v) is 6.66. The Balaban J connectivity index is 0.00000450. The number of nitrogens with zero attached hydrogens (tertiary/aromatic N) is 3. The van der Waals surface area contributed by atoms with Crippen molar-refractivity contribution in [2.24, 2.45) is 4.99 Å². The highest BCUT2D eigenvalue weighted by molar-refractivity contribution is 14.0. The Hall–Kier alpha value is -2.29. The van der Waals surface area contributed by atoms with Gasteiger partial charge in [0, 0.05) is 39.3 Å². The van der Waals surface area contributed by atoms with Crippen LogP contribution in [0.1, 0.15) is 29.8 Å². The third-order valence-corrected chi connectivity index (χ3v) is 4.71. The van der Waals surface area contributed by atoms with Gasteiger partial charge in [0.25, 0.3) is 5.91 Å². The van der Waals surface area contributed by atoms with Gasteiger partial charge in [-0.3, -0.25) is 9.79 Å². The number of nitrogens with one attached hydrogen (secondary N) is 1. The van der Waals surface area contributed by atoms with Gasteiger partial charge in [-0.15, -0.1) is 24.0 Å². The first kappa shape index (κ1) is 25.7. The predicted molar refractivity (Wildman–Crippen MR) is 134 cm³/mol. The molecule has 0 aliphatic carbocycles. The number of guanidine groups is 1. The zero-order valence-corrected chi connectivity index (χ0v) is 20.6. The van der Waals surface area contributed by atoms with Crippen LogP contribution in [0.15, 0.2) is 59.6 Å². The van der Waals surface area contributed by atoms with E-state index in [1.807, 2.05) is 85.3 Å². The molecule has 0 atom stereocenters. The maximum atomic E-state index is 12.4. The summed E-state index contributed by atoms with van der Waals surface area (Å²) in [6, 6.07) is 17.5. The van der Waals surface area contributed by atoms with Crippen LogP contribution in [0.4, 0.5) is 0 Å². The van der Waals surface area contributed by atoms with Crippen molar-refractivity contribution in [3.8, 4) is 5.75 Å². The molecular formula is C23H33IN4O2. The lowest BCUT2D eigenvalue weighted by Gasteiger charge is -2.22. The summed E-state index contributed by atoms with van der Waals surface area (Å²) in [5.41, 5.74) is 1.81. The summed E-state index contributed by atoms with van der Waals surface area (Å²) in [6.07, 6.45) is 0. The molecule has 2 rings (SSSR count). The topological polar surface area (TPSA) is 57.2 Å². The number of amides is 1. The van der Waals surface area contributed by atoms with Gasteiger partial charge in [-0.05, 0) is 43.7 Å². The van der Waals surface area contributed by atoms with Gasteiger partial charge in [0.1, 0.15) is 12.4 Å². The summed E-state index contributed by atoms with van der Waals surface area (Å²) >= 11 is 0. The molecule has 0 aromatic heterocycles. The largest absolute Gasteiger partial charge is 0.492 e. The first-order chi connectivity index (χ1) is 14.1. The maximum Gasteiger partial charge on any atom is 0.253 e. The molecular weight excluding hydrogens is 491 g/mol. The maximum absolute atomic E-state index is 12.4. The van der Waals surface area contributed by atoms with E-state index in [1.165, 1.54) is 0 Å². The van der Waals surface area contributed by atoms with Crippen LogP contribution in [0.3, 0.4) is 0 Å². The van der Waals surface area contributed by atoms with Crippen LogP contribution in [0.5, 0.6) is 5.75 Å². The highest BCUT2D eigenvalue weighted by Crippen LogP contribution is 2.09. The minimum Gasteiger partial charge on any atom is -0.492 e. The van der Waals surface area contributed by atoms with Gasteiger partial charge in [-0.2, -0.15) is 0 Å². The number of carbonyl (C=O) groups is 1. The van der Waals surface area contributed by atoms with Crippen LogP contribution in [0.25, 0.3) is 0 Å². The second-order valence-electron chi connectivity index (χ2n) is 6.66. The monoisotopic (exact) mass is 524 g/mol. The van der Waals surface area contributed by atoms with Crippen LogP contribution in [0.2, 0.25) is 0 Å². The number of hydrogen-bond acceptors (Lipinski definition) is 3. The van der Waals surface area contributed by atoms with E-state index in [0.717, 1.165) is 35.9 Å². The number of aliphatic imine (C=N–C) groups is 1. The Labute approximate surface area is 197 Å². The first-order valence-electron chi connectivity index (χ1n) is 10.1. The molecule has 0 aliphatic heterocycles. The summed E-state index contributed by atoms with van der Waals surface area (Å²) in [7, 11) is 3.75.